The first-order valence-corrected chi connectivity index (χ1v) is 6.70. The van der Waals surface area contributed by atoms with Crippen LogP contribution in [0.3, 0.4) is 0 Å². The van der Waals surface area contributed by atoms with Crippen molar-refractivity contribution in [3.63, 3.8) is 0 Å². The summed E-state index contributed by atoms with van der Waals surface area (Å²) in [6.45, 7) is 0. The van der Waals surface area contributed by atoms with Gasteiger partial charge in [0.1, 0.15) is 5.82 Å². The molecule has 0 saturated heterocycles. The quantitative estimate of drug-likeness (QED) is 0.884. The lowest BCUT2D eigenvalue weighted by Crippen LogP contribution is -2.14. The van der Waals surface area contributed by atoms with Crippen molar-refractivity contribution in [2.45, 2.75) is 24.8 Å². The predicted octanol–water partition coefficient (Wildman–Crippen LogP) is 2.82. The summed E-state index contributed by atoms with van der Waals surface area (Å²) in [5.74, 6) is 0.603. The zero-order valence-corrected chi connectivity index (χ0v) is 11.3. The van der Waals surface area contributed by atoms with Gasteiger partial charge in [-0.15, -0.1) is 0 Å². The van der Waals surface area contributed by atoms with E-state index in [1.54, 1.807) is 12.1 Å². The van der Waals surface area contributed by atoms with Crippen molar-refractivity contribution in [1.82, 2.24) is 10.1 Å². The van der Waals surface area contributed by atoms with Gasteiger partial charge in [0.2, 0.25) is 5.89 Å². The fraction of sp³-hybridized carbons (Fsp3) is 0.286. The molecule has 2 aromatic rings. The van der Waals surface area contributed by atoms with Gasteiger partial charge in [0, 0.05) is 23.0 Å². The van der Waals surface area contributed by atoms with E-state index in [1.165, 1.54) is 6.07 Å². The molecule has 3 rings (SSSR count). The van der Waals surface area contributed by atoms with Crippen LogP contribution in [0.15, 0.2) is 34.9 Å². The Morgan fingerprint density at radius 2 is 2.25 bits per heavy atom. The molecule has 1 aliphatic carbocycles. The number of hydrogen-bond donors (Lipinski definition) is 1. The Kier molecular flexibility index (Phi) is 3.54. The Balaban J connectivity index is 1.79. The highest BCUT2D eigenvalue weighted by Gasteiger charge is 2.23. The molecule has 1 aliphatic rings. The molecule has 0 amide bonds. The van der Waals surface area contributed by atoms with Crippen LogP contribution < -0.4 is 5.73 Å². The van der Waals surface area contributed by atoms with Gasteiger partial charge in [-0.2, -0.15) is 4.98 Å². The summed E-state index contributed by atoms with van der Waals surface area (Å²) in [7, 11) is 0. The van der Waals surface area contributed by atoms with Gasteiger partial charge in [-0.25, -0.2) is 4.39 Å². The van der Waals surface area contributed by atoms with Gasteiger partial charge in [0.25, 0.3) is 0 Å². The molecule has 1 aromatic heterocycles. The van der Waals surface area contributed by atoms with Gasteiger partial charge in [-0.05, 0) is 18.6 Å². The Morgan fingerprint density at radius 3 is 2.95 bits per heavy atom. The van der Waals surface area contributed by atoms with Crippen molar-refractivity contribution in [3.8, 4) is 0 Å². The van der Waals surface area contributed by atoms with Crippen LogP contribution >= 0.6 is 11.6 Å². The summed E-state index contributed by atoms with van der Waals surface area (Å²) in [6.07, 6.45) is 4.83. The van der Waals surface area contributed by atoms with E-state index in [0.717, 1.165) is 6.42 Å². The summed E-state index contributed by atoms with van der Waals surface area (Å²) in [5, 5.41) is 4.24. The monoisotopic (exact) mass is 293 g/mol. The maximum atomic E-state index is 13.7. The molecule has 0 fully saturated rings. The molecule has 1 aromatic carbocycles. The van der Waals surface area contributed by atoms with E-state index >= 15 is 0 Å². The third-order valence-corrected chi connectivity index (χ3v) is 3.67. The van der Waals surface area contributed by atoms with Crippen LogP contribution in [-0.4, -0.2) is 16.2 Å². The highest BCUT2D eigenvalue weighted by atomic mass is 35.5. The van der Waals surface area contributed by atoms with Crippen molar-refractivity contribution in [2.75, 3.05) is 0 Å². The average molecular weight is 294 g/mol. The van der Waals surface area contributed by atoms with Crippen molar-refractivity contribution >= 4 is 11.6 Å². The Labute approximate surface area is 120 Å². The zero-order valence-electron chi connectivity index (χ0n) is 10.6. The van der Waals surface area contributed by atoms with Gasteiger partial charge in [-0.3, -0.25) is 0 Å². The van der Waals surface area contributed by atoms with Crippen molar-refractivity contribution in [2.24, 2.45) is 5.73 Å². The fourth-order valence-electron chi connectivity index (χ4n) is 2.26. The second-order valence-corrected chi connectivity index (χ2v) is 5.22. The minimum atomic E-state index is -0.369. The summed E-state index contributed by atoms with van der Waals surface area (Å²) in [6, 6.07) is 4.59. The number of nitrogens with two attached hydrogens (primary N) is 1. The molecular formula is C14H13ClFN3O. The van der Waals surface area contributed by atoms with E-state index in [9.17, 15) is 4.39 Å². The van der Waals surface area contributed by atoms with Crippen LogP contribution in [0.1, 0.15) is 29.6 Å². The molecule has 0 aliphatic heterocycles. The van der Waals surface area contributed by atoms with Gasteiger partial charge < -0.3 is 10.3 Å². The van der Waals surface area contributed by atoms with E-state index < -0.39 is 0 Å². The maximum Gasteiger partial charge on any atom is 0.233 e. The SMILES string of the molecule is NC1C=CC(c2nc(Cc3c(F)cccc3Cl)no2)C1. The van der Waals surface area contributed by atoms with E-state index in [1.807, 2.05) is 12.2 Å². The average Bonchev–Trinajstić information content (AvgIpc) is 3.03. The molecule has 0 spiro atoms. The molecule has 2 N–H and O–H groups in total. The van der Waals surface area contributed by atoms with Crippen LogP contribution in [-0.2, 0) is 6.42 Å². The normalized spacial score (nSPS) is 21.6. The second-order valence-electron chi connectivity index (χ2n) is 4.82. The van der Waals surface area contributed by atoms with Gasteiger partial charge in [0.15, 0.2) is 5.82 Å². The number of allylic oxidation sites excluding steroid dienone is 1. The number of halogens is 2. The molecule has 1 heterocycles. The van der Waals surface area contributed by atoms with E-state index in [2.05, 4.69) is 10.1 Å². The number of aromatic nitrogens is 2. The third-order valence-electron chi connectivity index (χ3n) is 3.31. The molecule has 0 bridgehead atoms. The van der Waals surface area contributed by atoms with E-state index in [4.69, 9.17) is 21.9 Å². The molecule has 20 heavy (non-hydrogen) atoms. The van der Waals surface area contributed by atoms with Crippen molar-refractivity contribution in [1.29, 1.82) is 0 Å². The first kappa shape index (κ1) is 13.3. The van der Waals surface area contributed by atoms with E-state index in [-0.39, 0.29) is 24.2 Å². The number of nitrogens with zero attached hydrogens (tertiary/aromatic N) is 2. The highest BCUT2D eigenvalue weighted by molar-refractivity contribution is 6.31. The summed E-state index contributed by atoms with van der Waals surface area (Å²) in [4.78, 5) is 4.29. The first-order chi connectivity index (χ1) is 9.63. The summed E-state index contributed by atoms with van der Waals surface area (Å²) < 4.78 is 18.9. The third kappa shape index (κ3) is 2.59. The maximum absolute atomic E-state index is 13.7. The zero-order chi connectivity index (χ0) is 14.1. The molecule has 0 saturated carbocycles. The lowest BCUT2D eigenvalue weighted by atomic mass is 10.1. The van der Waals surface area contributed by atoms with Gasteiger partial charge in [-0.1, -0.05) is 35.0 Å². The minimum absolute atomic E-state index is 0.0244. The largest absolute Gasteiger partial charge is 0.339 e. The van der Waals surface area contributed by atoms with E-state index in [0.29, 0.717) is 22.3 Å². The molecular weight excluding hydrogens is 281 g/mol. The molecule has 2 unspecified atom stereocenters. The number of benzene rings is 1. The van der Waals surface area contributed by atoms with Gasteiger partial charge >= 0.3 is 0 Å². The molecule has 0 radical (unpaired) electrons. The van der Waals surface area contributed by atoms with Crippen LogP contribution in [0.4, 0.5) is 4.39 Å². The number of rotatable bonds is 3. The Morgan fingerprint density at radius 1 is 1.40 bits per heavy atom. The molecule has 104 valence electrons. The second kappa shape index (κ2) is 5.34. The minimum Gasteiger partial charge on any atom is -0.339 e. The standard InChI is InChI=1S/C14H13ClFN3O/c15-11-2-1-3-12(16)10(11)7-13-18-14(20-19-13)8-4-5-9(17)6-8/h1-5,8-9H,6-7,17H2. The Bertz CT molecular complexity index is 635. The lowest BCUT2D eigenvalue weighted by molar-refractivity contribution is 0.360. The highest BCUT2D eigenvalue weighted by Crippen LogP contribution is 2.27. The van der Waals surface area contributed by atoms with Gasteiger partial charge in [0.05, 0.1) is 5.92 Å². The van der Waals surface area contributed by atoms with Crippen molar-refractivity contribution < 1.29 is 8.91 Å². The van der Waals surface area contributed by atoms with Crippen LogP contribution in [0.25, 0.3) is 0 Å². The summed E-state index contributed by atoms with van der Waals surface area (Å²) in [5.41, 5.74) is 6.16. The van der Waals surface area contributed by atoms with Crippen LogP contribution in [0.2, 0.25) is 5.02 Å². The van der Waals surface area contributed by atoms with Crippen LogP contribution in [0.5, 0.6) is 0 Å². The van der Waals surface area contributed by atoms with Crippen LogP contribution in [0, 0.1) is 5.82 Å². The molecule has 2 atom stereocenters. The Hall–Kier alpha value is -1.72. The lowest BCUT2D eigenvalue weighted by Gasteiger charge is -2.03. The first-order valence-electron chi connectivity index (χ1n) is 6.33. The number of hydrogen-bond acceptors (Lipinski definition) is 4. The molecule has 4 nitrogen and oxygen atoms in total. The predicted molar refractivity (Wildman–Crippen MR) is 73.0 cm³/mol. The molecule has 6 heteroatoms. The fourth-order valence-corrected chi connectivity index (χ4v) is 2.49. The smallest absolute Gasteiger partial charge is 0.233 e. The summed E-state index contributed by atoms with van der Waals surface area (Å²) >= 11 is 5.98. The topological polar surface area (TPSA) is 64.9 Å². The van der Waals surface area contributed by atoms with Crippen molar-refractivity contribution in [3.05, 3.63) is 58.5 Å².